The molecule has 0 spiro atoms. The number of carbonyl (C=O) groups excluding carboxylic acids is 1. The molecule has 2 aromatic heterocycles. The third-order valence-corrected chi connectivity index (χ3v) is 12.4. The zero-order valence-electron chi connectivity index (χ0n) is 21.8. The molecule has 5 atom stereocenters. The van der Waals surface area contributed by atoms with Crippen LogP contribution in [0.25, 0.3) is 11.2 Å². The minimum Gasteiger partial charge on any atom is -0.387 e. The van der Waals surface area contributed by atoms with Crippen molar-refractivity contribution in [1.82, 2.24) is 19.5 Å². The first kappa shape index (κ1) is 29.6. The highest BCUT2D eigenvalue weighted by molar-refractivity contribution is 7.70. The van der Waals surface area contributed by atoms with Crippen LogP contribution in [-0.4, -0.2) is 81.1 Å². The summed E-state index contributed by atoms with van der Waals surface area (Å²) in [5.74, 6) is 0.590. The number of nitrogens with zero attached hydrogens (tertiary/aromatic N) is 4. The second kappa shape index (κ2) is 10.6. The van der Waals surface area contributed by atoms with Crippen LogP contribution in [0.4, 0.5) is 5.82 Å². The van der Waals surface area contributed by atoms with Crippen molar-refractivity contribution in [2.24, 2.45) is 23.2 Å². The Kier molecular flexibility index (Phi) is 7.63. The van der Waals surface area contributed by atoms with Gasteiger partial charge in [-0.1, -0.05) is 0 Å². The van der Waals surface area contributed by atoms with Gasteiger partial charge in [0.05, 0.1) is 12.9 Å². The van der Waals surface area contributed by atoms with Crippen LogP contribution < -0.4 is 5.32 Å². The third-order valence-electron chi connectivity index (χ3n) is 8.77. The van der Waals surface area contributed by atoms with Crippen molar-refractivity contribution in [1.29, 1.82) is 0 Å². The van der Waals surface area contributed by atoms with Gasteiger partial charge in [-0.05, 0) is 73.3 Å². The van der Waals surface area contributed by atoms with Crippen molar-refractivity contribution in [2.75, 3.05) is 17.8 Å². The molecule has 2 aromatic rings. The number of hydrogen-bond acceptors (Lipinski definition) is 10. The van der Waals surface area contributed by atoms with E-state index in [2.05, 4.69) is 20.3 Å². The third kappa shape index (κ3) is 6.12. The molecule has 4 saturated carbocycles. The van der Waals surface area contributed by atoms with Gasteiger partial charge in [-0.3, -0.25) is 18.5 Å². The number of aliphatic hydroxyl groups is 2. The molecule has 6 N–H and O–H groups in total. The van der Waals surface area contributed by atoms with Gasteiger partial charge in [-0.15, -0.1) is 0 Å². The fourth-order valence-electron chi connectivity index (χ4n) is 7.75. The number of rotatable bonds is 9. The number of hydrogen-bond donors (Lipinski definition) is 6. The molecule has 1 saturated heterocycles. The predicted octanol–water partition coefficient (Wildman–Crippen LogP) is 1.98. The molecular formula is C23H32ClN5O10P2. The molecule has 4 bridgehead atoms. The van der Waals surface area contributed by atoms with Gasteiger partial charge in [0.25, 0.3) is 0 Å². The summed E-state index contributed by atoms with van der Waals surface area (Å²) in [4.78, 5) is 53.5. The summed E-state index contributed by atoms with van der Waals surface area (Å²) >= 11 is 6.18. The number of halogens is 1. The lowest BCUT2D eigenvalue weighted by Gasteiger charge is -2.56. The smallest absolute Gasteiger partial charge is 0.340 e. The Labute approximate surface area is 239 Å². The summed E-state index contributed by atoms with van der Waals surface area (Å²) in [6.45, 7) is -0.740. The van der Waals surface area contributed by atoms with E-state index in [1.165, 1.54) is 30.2 Å². The number of anilines is 1. The van der Waals surface area contributed by atoms with Crippen molar-refractivity contribution in [3.63, 3.8) is 0 Å². The average Bonchev–Trinajstić information content (AvgIpc) is 3.35. The van der Waals surface area contributed by atoms with Gasteiger partial charge >= 0.3 is 15.2 Å². The summed E-state index contributed by atoms with van der Waals surface area (Å²) in [6, 6.07) is 0. The monoisotopic (exact) mass is 635 g/mol. The van der Waals surface area contributed by atoms with Gasteiger partial charge in [0.1, 0.15) is 18.3 Å². The minimum absolute atomic E-state index is 0.00692. The van der Waals surface area contributed by atoms with Crippen LogP contribution in [0, 0.1) is 23.2 Å². The SMILES string of the molecule is O=C(CC12CC3CC(CC(C3)C1)C2)Nc1nc(Cl)nc2c1ncn2[C@@H]1O[C@H](COP(=O)(O)CP(=O)(O)O)C(O)[C@@H]1O. The van der Waals surface area contributed by atoms with Crippen LogP contribution in [0.2, 0.25) is 5.28 Å². The van der Waals surface area contributed by atoms with E-state index in [9.17, 15) is 29.0 Å². The van der Waals surface area contributed by atoms with E-state index < -0.39 is 52.2 Å². The van der Waals surface area contributed by atoms with Crippen LogP contribution in [-0.2, 0) is 23.2 Å². The Hall–Kier alpha value is -1.51. The summed E-state index contributed by atoms with van der Waals surface area (Å²) < 4.78 is 34.8. The van der Waals surface area contributed by atoms with Crippen molar-refractivity contribution < 1.29 is 48.1 Å². The quantitative estimate of drug-likeness (QED) is 0.171. The Morgan fingerprint density at radius 1 is 1.10 bits per heavy atom. The summed E-state index contributed by atoms with van der Waals surface area (Å²) in [5, 5.41) is 23.8. The number of imidazole rings is 1. The summed E-state index contributed by atoms with van der Waals surface area (Å²) in [5.41, 5.74) is 0.287. The van der Waals surface area contributed by atoms with Crippen LogP contribution in [0.5, 0.6) is 0 Å². The normalized spacial score (nSPS) is 36.1. The number of fused-ring (bicyclic) bond motifs is 1. The first-order chi connectivity index (χ1) is 19.2. The van der Waals surface area contributed by atoms with Gasteiger partial charge in [-0.2, -0.15) is 9.97 Å². The zero-order chi connectivity index (χ0) is 29.3. The lowest BCUT2D eigenvalue weighted by Crippen LogP contribution is -2.47. The van der Waals surface area contributed by atoms with Crippen molar-refractivity contribution in [3.05, 3.63) is 11.6 Å². The zero-order valence-corrected chi connectivity index (χ0v) is 24.4. The molecule has 7 rings (SSSR count). The maximum Gasteiger partial charge on any atom is 0.340 e. The second-order valence-corrected chi connectivity index (χ2v) is 16.4. The molecule has 15 nitrogen and oxygen atoms in total. The molecule has 5 aliphatic rings. The molecule has 1 aliphatic heterocycles. The molecule has 5 fully saturated rings. The van der Waals surface area contributed by atoms with E-state index in [0.29, 0.717) is 24.2 Å². The molecule has 3 heterocycles. The summed E-state index contributed by atoms with van der Waals surface area (Å²) in [7, 11) is -9.57. The molecule has 4 aliphatic carbocycles. The van der Waals surface area contributed by atoms with Crippen molar-refractivity contribution >= 4 is 49.7 Å². The van der Waals surface area contributed by atoms with Crippen LogP contribution >= 0.6 is 26.8 Å². The largest absolute Gasteiger partial charge is 0.387 e. The Bertz CT molecular complexity index is 1420. The van der Waals surface area contributed by atoms with E-state index >= 15 is 0 Å². The average molecular weight is 636 g/mol. The molecular weight excluding hydrogens is 604 g/mol. The molecule has 18 heteroatoms. The van der Waals surface area contributed by atoms with E-state index in [1.54, 1.807) is 0 Å². The molecule has 0 radical (unpaired) electrons. The number of aromatic nitrogens is 4. The Morgan fingerprint density at radius 2 is 1.73 bits per heavy atom. The fraction of sp³-hybridized carbons (Fsp3) is 0.739. The van der Waals surface area contributed by atoms with Gasteiger partial charge in [0.2, 0.25) is 11.2 Å². The first-order valence-corrected chi connectivity index (χ1v) is 17.4. The van der Waals surface area contributed by atoms with Gasteiger partial charge in [-0.25, -0.2) is 4.98 Å². The first-order valence-electron chi connectivity index (χ1n) is 13.4. The van der Waals surface area contributed by atoms with Crippen molar-refractivity contribution in [3.8, 4) is 0 Å². The number of amides is 1. The van der Waals surface area contributed by atoms with Gasteiger partial charge in [0.15, 0.2) is 29.1 Å². The van der Waals surface area contributed by atoms with Gasteiger partial charge < -0.3 is 39.5 Å². The highest BCUT2D eigenvalue weighted by Crippen LogP contribution is 2.61. The molecule has 226 valence electrons. The maximum atomic E-state index is 13.2. The fourth-order valence-corrected chi connectivity index (χ4v) is 10.5. The molecule has 2 unspecified atom stereocenters. The maximum absolute atomic E-state index is 13.2. The number of aliphatic hydroxyl groups excluding tert-OH is 2. The van der Waals surface area contributed by atoms with Gasteiger partial charge in [0, 0.05) is 6.42 Å². The lowest BCUT2D eigenvalue weighted by molar-refractivity contribution is -0.124. The molecule has 41 heavy (non-hydrogen) atoms. The van der Waals surface area contributed by atoms with E-state index in [4.69, 9.17) is 30.6 Å². The van der Waals surface area contributed by atoms with E-state index in [1.807, 2.05) is 0 Å². The summed E-state index contributed by atoms with van der Waals surface area (Å²) in [6.07, 6.45) is 2.87. The highest BCUT2D eigenvalue weighted by atomic mass is 35.5. The predicted molar refractivity (Wildman–Crippen MR) is 143 cm³/mol. The number of nitrogens with one attached hydrogen (secondary N) is 1. The second-order valence-electron chi connectivity index (χ2n) is 12.1. The van der Waals surface area contributed by atoms with Crippen LogP contribution in [0.3, 0.4) is 0 Å². The molecule has 1 amide bonds. The minimum atomic E-state index is -4.85. The standard InChI is InChI=1S/C23H32ClN5O10P2/c24-22-27-19(26-15(30)7-23-4-11-1-12(5-23)3-13(2-11)6-23)16-20(28-22)29(9-25-16)21-18(32)17(31)14(39-21)8-38-41(36,37)10-40(33,34)35/h9,11-14,17-18,21,31-32H,1-8,10H2,(H,36,37)(H2,33,34,35)(H,26,27,28,30)/t11?,12?,13?,14-,17?,18+,21-,23?/m1/s1. The number of ether oxygens (including phenoxy) is 1. The number of carbonyl (C=O) groups is 1. The highest BCUT2D eigenvalue weighted by Gasteiger charge is 2.51. The van der Waals surface area contributed by atoms with Crippen molar-refractivity contribution in [2.45, 2.75) is 69.5 Å². The molecule has 0 aromatic carbocycles. The Balaban J connectivity index is 1.17. The van der Waals surface area contributed by atoms with E-state index in [0.717, 1.165) is 19.3 Å². The Morgan fingerprint density at radius 3 is 2.34 bits per heavy atom. The topological polar surface area (TPSA) is 226 Å². The lowest BCUT2D eigenvalue weighted by atomic mass is 9.49. The van der Waals surface area contributed by atoms with Crippen LogP contribution in [0.1, 0.15) is 51.2 Å². The van der Waals surface area contributed by atoms with Crippen LogP contribution in [0.15, 0.2) is 6.33 Å². The van der Waals surface area contributed by atoms with E-state index in [-0.39, 0.29) is 33.6 Å².